The number of aryl methyl sites for hydroxylation is 1. The Balaban J connectivity index is 1.42. The van der Waals surface area contributed by atoms with Crippen molar-refractivity contribution < 1.29 is 4.79 Å². The van der Waals surface area contributed by atoms with Crippen molar-refractivity contribution in [3.63, 3.8) is 0 Å². The van der Waals surface area contributed by atoms with Crippen LogP contribution in [0.1, 0.15) is 22.3 Å². The van der Waals surface area contributed by atoms with E-state index in [-0.39, 0.29) is 5.91 Å². The molecule has 2 aromatic carbocycles. The molecule has 0 unspecified atom stereocenters. The molecule has 0 spiro atoms. The van der Waals surface area contributed by atoms with Crippen LogP contribution in [0, 0.1) is 6.92 Å². The van der Waals surface area contributed by atoms with E-state index in [1.54, 1.807) is 4.52 Å². The highest BCUT2D eigenvalue weighted by Gasteiger charge is 2.23. The number of hydrogen-bond acceptors (Lipinski definition) is 5. The molecule has 1 aliphatic heterocycles. The van der Waals surface area contributed by atoms with E-state index in [0.29, 0.717) is 12.3 Å². The third-order valence-corrected chi connectivity index (χ3v) is 5.67. The fourth-order valence-electron chi connectivity index (χ4n) is 4.09. The van der Waals surface area contributed by atoms with Crippen molar-refractivity contribution >= 4 is 17.5 Å². The molecule has 1 amide bonds. The van der Waals surface area contributed by atoms with Crippen LogP contribution in [0.5, 0.6) is 0 Å². The molecule has 0 bridgehead atoms. The van der Waals surface area contributed by atoms with Crippen molar-refractivity contribution in [1.82, 2.24) is 24.5 Å². The van der Waals surface area contributed by atoms with Crippen LogP contribution in [0.15, 0.2) is 67.0 Å². The van der Waals surface area contributed by atoms with E-state index in [2.05, 4.69) is 26.0 Å². The number of nitrogens with zero attached hydrogens (tertiary/aromatic N) is 6. The van der Waals surface area contributed by atoms with Gasteiger partial charge in [0.15, 0.2) is 0 Å². The minimum atomic E-state index is 0.0937. The third-order valence-electron chi connectivity index (χ3n) is 5.67. The van der Waals surface area contributed by atoms with Gasteiger partial charge in [-0.1, -0.05) is 48.0 Å². The van der Waals surface area contributed by atoms with Gasteiger partial charge in [0.1, 0.15) is 12.1 Å². The molecule has 0 N–H and O–H groups in total. The summed E-state index contributed by atoms with van der Waals surface area (Å²) < 4.78 is 1.78. The summed E-state index contributed by atoms with van der Waals surface area (Å²) in [7, 11) is 0. The molecule has 5 rings (SSSR count). The van der Waals surface area contributed by atoms with Crippen molar-refractivity contribution in [2.75, 3.05) is 31.1 Å². The van der Waals surface area contributed by atoms with Crippen molar-refractivity contribution in [3.05, 3.63) is 78.1 Å². The van der Waals surface area contributed by atoms with Crippen LogP contribution >= 0.6 is 0 Å². The summed E-state index contributed by atoms with van der Waals surface area (Å²) in [6.45, 7) is 4.97. The minimum absolute atomic E-state index is 0.0937. The smallest absolute Gasteiger partial charge is 0.254 e. The highest BCUT2D eigenvalue weighted by atomic mass is 16.2. The zero-order valence-electron chi connectivity index (χ0n) is 17.5. The van der Waals surface area contributed by atoms with Crippen LogP contribution in [-0.4, -0.2) is 56.6 Å². The van der Waals surface area contributed by atoms with Gasteiger partial charge in [-0.05, 0) is 25.5 Å². The Labute approximate surface area is 181 Å². The van der Waals surface area contributed by atoms with Crippen LogP contribution in [0.4, 0.5) is 5.82 Å². The number of benzene rings is 2. The lowest BCUT2D eigenvalue weighted by molar-refractivity contribution is 0.0767. The quantitative estimate of drug-likeness (QED) is 0.516. The van der Waals surface area contributed by atoms with E-state index in [4.69, 9.17) is 0 Å². The second kappa shape index (κ2) is 8.18. The van der Waals surface area contributed by atoms with E-state index in [1.807, 2.05) is 66.4 Å². The van der Waals surface area contributed by atoms with Gasteiger partial charge in [0.2, 0.25) is 0 Å². The maximum atomic E-state index is 13.0. The summed E-state index contributed by atoms with van der Waals surface area (Å²) in [6.07, 6.45) is 2.42. The molecule has 0 saturated carbocycles. The molecular weight excluding hydrogens is 388 g/mol. The second-order valence-electron chi connectivity index (χ2n) is 7.84. The molecule has 1 saturated heterocycles. The van der Waals surface area contributed by atoms with E-state index in [1.165, 1.54) is 6.33 Å². The number of carbonyl (C=O) groups is 1. The Hall–Kier alpha value is -3.74. The molecule has 1 fully saturated rings. The summed E-state index contributed by atoms with van der Waals surface area (Å²) in [6, 6.07) is 20.0. The number of hydrogen-bond donors (Lipinski definition) is 0. The average molecular weight is 412 g/mol. The number of aromatic nitrogens is 4. The predicted molar refractivity (Wildman–Crippen MR) is 120 cm³/mol. The summed E-state index contributed by atoms with van der Waals surface area (Å²) >= 11 is 0. The predicted octanol–water partition coefficient (Wildman–Crippen LogP) is 3.45. The maximum absolute atomic E-state index is 13.0. The maximum Gasteiger partial charge on any atom is 0.254 e. The van der Waals surface area contributed by atoms with Gasteiger partial charge in [-0.15, -0.1) is 0 Å². The summed E-state index contributed by atoms with van der Waals surface area (Å²) in [5.74, 6) is 1.62. The second-order valence-corrected chi connectivity index (χ2v) is 7.84. The van der Waals surface area contributed by atoms with Crippen LogP contribution in [0.25, 0.3) is 17.0 Å². The van der Waals surface area contributed by atoms with Crippen molar-refractivity contribution in [3.8, 4) is 11.3 Å². The SMILES string of the molecule is Cc1cccc(C(=O)N2CCCN(c3cc(-c4ccccc4)nc4ncnn34)CC2)c1. The average Bonchev–Trinajstić information content (AvgIpc) is 3.15. The van der Waals surface area contributed by atoms with Gasteiger partial charge >= 0.3 is 0 Å². The molecule has 2 aromatic heterocycles. The number of carbonyl (C=O) groups excluding carboxylic acids is 1. The van der Waals surface area contributed by atoms with Crippen LogP contribution < -0.4 is 4.90 Å². The van der Waals surface area contributed by atoms with Gasteiger partial charge in [-0.3, -0.25) is 4.79 Å². The van der Waals surface area contributed by atoms with Crippen molar-refractivity contribution in [2.24, 2.45) is 0 Å². The Morgan fingerprint density at radius 2 is 1.81 bits per heavy atom. The van der Waals surface area contributed by atoms with Gasteiger partial charge < -0.3 is 9.80 Å². The lowest BCUT2D eigenvalue weighted by atomic mass is 10.1. The number of anilines is 1. The summed E-state index contributed by atoms with van der Waals surface area (Å²) in [4.78, 5) is 26.3. The molecule has 0 radical (unpaired) electrons. The molecule has 0 atom stereocenters. The first-order chi connectivity index (χ1) is 15.2. The number of rotatable bonds is 3. The van der Waals surface area contributed by atoms with Gasteiger partial charge in [-0.2, -0.15) is 14.6 Å². The third kappa shape index (κ3) is 3.86. The largest absolute Gasteiger partial charge is 0.355 e. The van der Waals surface area contributed by atoms with Crippen LogP contribution in [0.3, 0.4) is 0 Å². The van der Waals surface area contributed by atoms with Crippen LogP contribution in [0.2, 0.25) is 0 Å². The molecule has 1 aliphatic rings. The normalized spacial score (nSPS) is 14.6. The minimum Gasteiger partial charge on any atom is -0.355 e. The van der Waals surface area contributed by atoms with Gasteiger partial charge in [0.05, 0.1) is 5.69 Å². The number of fused-ring (bicyclic) bond motifs is 1. The molecule has 0 aliphatic carbocycles. The Morgan fingerprint density at radius 3 is 2.65 bits per heavy atom. The zero-order chi connectivity index (χ0) is 21.2. The highest BCUT2D eigenvalue weighted by Crippen LogP contribution is 2.25. The zero-order valence-corrected chi connectivity index (χ0v) is 17.5. The number of amides is 1. The fourth-order valence-corrected chi connectivity index (χ4v) is 4.09. The van der Waals surface area contributed by atoms with Gasteiger partial charge in [0.25, 0.3) is 11.7 Å². The molecule has 4 aromatic rings. The Kier molecular flexibility index (Phi) is 5.08. The van der Waals surface area contributed by atoms with Crippen LogP contribution in [-0.2, 0) is 0 Å². The Morgan fingerprint density at radius 1 is 0.935 bits per heavy atom. The first-order valence-corrected chi connectivity index (χ1v) is 10.6. The molecule has 7 nitrogen and oxygen atoms in total. The lowest BCUT2D eigenvalue weighted by Crippen LogP contribution is -2.35. The summed E-state index contributed by atoms with van der Waals surface area (Å²) in [5, 5.41) is 4.39. The van der Waals surface area contributed by atoms with Crippen molar-refractivity contribution in [2.45, 2.75) is 13.3 Å². The Bertz CT molecular complexity index is 1220. The van der Waals surface area contributed by atoms with E-state index in [0.717, 1.165) is 54.3 Å². The molecule has 156 valence electrons. The van der Waals surface area contributed by atoms with E-state index < -0.39 is 0 Å². The first kappa shape index (κ1) is 19.2. The molecule has 31 heavy (non-hydrogen) atoms. The molecule has 7 heteroatoms. The monoisotopic (exact) mass is 412 g/mol. The topological polar surface area (TPSA) is 66.6 Å². The van der Waals surface area contributed by atoms with E-state index in [9.17, 15) is 4.79 Å². The van der Waals surface area contributed by atoms with E-state index >= 15 is 0 Å². The first-order valence-electron chi connectivity index (χ1n) is 10.6. The highest BCUT2D eigenvalue weighted by molar-refractivity contribution is 5.94. The van der Waals surface area contributed by atoms with Gasteiger partial charge in [0, 0.05) is 43.4 Å². The standard InChI is InChI=1S/C24H24N6O/c1-18-7-5-10-20(15-18)23(31)29-12-6-11-28(13-14-29)22-16-21(19-8-3-2-4-9-19)27-24-25-17-26-30(22)24/h2-5,7-10,15-17H,6,11-14H2,1H3. The lowest BCUT2D eigenvalue weighted by Gasteiger charge is -2.24. The molecule has 3 heterocycles. The molecular formula is C24H24N6O. The summed E-state index contributed by atoms with van der Waals surface area (Å²) in [5.41, 5.74) is 3.76. The fraction of sp³-hybridized carbons (Fsp3) is 0.250. The van der Waals surface area contributed by atoms with Crippen molar-refractivity contribution in [1.29, 1.82) is 0 Å². The van der Waals surface area contributed by atoms with Gasteiger partial charge in [-0.25, -0.2) is 4.98 Å².